The summed E-state index contributed by atoms with van der Waals surface area (Å²) >= 11 is 0. The molecule has 7 nitrogen and oxygen atoms in total. The maximum atomic E-state index is 13.8. The third-order valence-corrected chi connectivity index (χ3v) is 8.67. The number of aliphatic carboxylic acids is 1. The van der Waals surface area contributed by atoms with E-state index in [0.29, 0.717) is 12.8 Å². The van der Waals surface area contributed by atoms with Gasteiger partial charge in [0.1, 0.15) is 23.2 Å². The Morgan fingerprint density at radius 3 is 2.38 bits per heavy atom. The smallest absolute Gasteiger partial charge is 0.317 e. The number of carboxylic acid groups (broad SMARTS) is 1. The molecular formula is C22H26O7. The van der Waals surface area contributed by atoms with Crippen molar-refractivity contribution in [2.24, 2.45) is 34.0 Å². The predicted molar refractivity (Wildman–Crippen MR) is 98.4 cm³/mol. The molecule has 7 heteroatoms. The number of carboxylic acids is 1. The largest absolute Gasteiger partial charge is 0.481 e. The van der Waals surface area contributed by atoms with E-state index < -0.39 is 63.4 Å². The Balaban J connectivity index is 1.87. The zero-order valence-electron chi connectivity index (χ0n) is 17.1. The number of carbonyl (C=O) groups excluding carboxylic acids is 3. The number of rotatable bonds is 1. The van der Waals surface area contributed by atoms with Gasteiger partial charge in [0.15, 0.2) is 5.78 Å². The molecule has 0 spiro atoms. The van der Waals surface area contributed by atoms with Crippen LogP contribution in [-0.4, -0.2) is 45.4 Å². The lowest BCUT2D eigenvalue weighted by Gasteiger charge is -2.51. The highest BCUT2D eigenvalue weighted by Gasteiger charge is 2.79. The van der Waals surface area contributed by atoms with Gasteiger partial charge < -0.3 is 14.9 Å². The Labute approximate surface area is 168 Å². The van der Waals surface area contributed by atoms with Gasteiger partial charge in [-0.15, -0.1) is 0 Å². The minimum absolute atomic E-state index is 0.169. The number of ketones is 2. The molecule has 2 N–H and O–H groups in total. The quantitative estimate of drug-likeness (QED) is 0.506. The first-order valence-corrected chi connectivity index (χ1v) is 10.3. The lowest BCUT2D eigenvalue weighted by atomic mass is 9.48. The Morgan fingerprint density at radius 1 is 1.10 bits per heavy atom. The van der Waals surface area contributed by atoms with Crippen molar-refractivity contribution in [3.63, 3.8) is 0 Å². The summed E-state index contributed by atoms with van der Waals surface area (Å²) in [6.07, 6.45) is 0.818. The van der Waals surface area contributed by atoms with Crippen molar-refractivity contribution in [2.75, 3.05) is 0 Å². The second kappa shape index (κ2) is 4.99. The van der Waals surface area contributed by atoms with Gasteiger partial charge in [0, 0.05) is 23.8 Å². The molecule has 4 aliphatic carbocycles. The van der Waals surface area contributed by atoms with Gasteiger partial charge in [0.05, 0.1) is 11.0 Å². The molecule has 3 fully saturated rings. The van der Waals surface area contributed by atoms with Gasteiger partial charge in [-0.25, -0.2) is 0 Å². The lowest BCUT2D eigenvalue weighted by Crippen LogP contribution is -2.55. The molecule has 5 rings (SSSR count). The molecule has 7 atom stereocenters. The summed E-state index contributed by atoms with van der Waals surface area (Å²) in [5.74, 6) is -5.19. The number of carbonyl (C=O) groups is 4. The number of hydrogen-bond acceptors (Lipinski definition) is 6. The molecule has 0 aromatic rings. The number of esters is 1. The molecule has 0 aromatic carbocycles. The van der Waals surface area contributed by atoms with Crippen LogP contribution in [0.2, 0.25) is 0 Å². The average molecular weight is 402 g/mol. The summed E-state index contributed by atoms with van der Waals surface area (Å²) in [5.41, 5.74) is -4.23. The molecular weight excluding hydrogens is 376 g/mol. The van der Waals surface area contributed by atoms with Crippen LogP contribution < -0.4 is 0 Å². The zero-order valence-corrected chi connectivity index (χ0v) is 17.1. The summed E-state index contributed by atoms with van der Waals surface area (Å²) in [5, 5.41) is 21.3. The molecule has 1 aliphatic heterocycles. The second-order valence-electron chi connectivity index (χ2n) is 10.7. The van der Waals surface area contributed by atoms with Gasteiger partial charge in [-0.05, 0) is 37.7 Å². The van der Waals surface area contributed by atoms with Crippen molar-refractivity contribution in [3.8, 4) is 0 Å². The molecule has 1 saturated heterocycles. The van der Waals surface area contributed by atoms with E-state index in [1.54, 1.807) is 0 Å². The van der Waals surface area contributed by atoms with Crippen LogP contribution in [0.5, 0.6) is 0 Å². The van der Waals surface area contributed by atoms with Crippen LogP contribution in [0.25, 0.3) is 0 Å². The monoisotopic (exact) mass is 402 g/mol. The molecule has 5 aliphatic rings. The third kappa shape index (κ3) is 1.80. The van der Waals surface area contributed by atoms with Crippen LogP contribution in [0.15, 0.2) is 11.1 Å². The van der Waals surface area contributed by atoms with E-state index in [2.05, 4.69) is 0 Å². The third-order valence-electron chi connectivity index (χ3n) is 8.67. The lowest BCUT2D eigenvalue weighted by molar-refractivity contribution is -0.154. The highest BCUT2D eigenvalue weighted by atomic mass is 16.6. The van der Waals surface area contributed by atoms with Gasteiger partial charge in [-0.2, -0.15) is 0 Å². The van der Waals surface area contributed by atoms with Crippen molar-refractivity contribution < 1.29 is 34.1 Å². The molecule has 29 heavy (non-hydrogen) atoms. The zero-order chi connectivity index (χ0) is 21.3. The minimum Gasteiger partial charge on any atom is -0.481 e. The highest BCUT2D eigenvalue weighted by molar-refractivity contribution is 6.22. The number of Topliss-reactive ketones (excluding diaryl/α,β-unsaturated/α-hetero) is 2. The normalized spacial score (nSPS) is 49.6. The van der Waals surface area contributed by atoms with Crippen LogP contribution in [-0.2, 0) is 23.9 Å². The number of ether oxygens (including phenoxy) is 1. The number of fused-ring (bicyclic) bond motifs is 2. The summed E-state index contributed by atoms with van der Waals surface area (Å²) < 4.78 is 5.71. The highest BCUT2D eigenvalue weighted by Crippen LogP contribution is 2.72. The van der Waals surface area contributed by atoms with E-state index in [9.17, 15) is 29.4 Å². The molecule has 0 amide bonds. The Hall–Kier alpha value is -2.02. The topological polar surface area (TPSA) is 118 Å². The van der Waals surface area contributed by atoms with Gasteiger partial charge in [-0.1, -0.05) is 20.3 Å². The standard InChI is InChI=1S/C22H26O7/c1-19(2)6-5-7-22-12-10(11(17(25)26)13(15(19)22)29-18(22)27)14-20(3,28)8-9(23)21(14,4)16(12)24/h11,13-15,28H,5-8H2,1-4H3,(H,25,26). The number of hydrogen-bond donors (Lipinski definition) is 2. The van der Waals surface area contributed by atoms with E-state index in [1.165, 1.54) is 13.8 Å². The summed E-state index contributed by atoms with van der Waals surface area (Å²) in [6, 6.07) is 0. The molecule has 0 radical (unpaired) electrons. The summed E-state index contributed by atoms with van der Waals surface area (Å²) in [6.45, 7) is 6.99. The van der Waals surface area contributed by atoms with Crippen LogP contribution in [0.1, 0.15) is 53.4 Å². The Bertz CT molecular complexity index is 941. The van der Waals surface area contributed by atoms with E-state index in [1.807, 2.05) is 13.8 Å². The predicted octanol–water partition coefficient (Wildman–Crippen LogP) is 1.66. The van der Waals surface area contributed by atoms with Crippen molar-refractivity contribution >= 4 is 23.5 Å². The van der Waals surface area contributed by atoms with E-state index in [-0.39, 0.29) is 23.4 Å². The first-order valence-electron chi connectivity index (χ1n) is 10.3. The molecule has 156 valence electrons. The second-order valence-corrected chi connectivity index (χ2v) is 10.7. The Kier molecular flexibility index (Phi) is 3.27. The van der Waals surface area contributed by atoms with Crippen molar-refractivity contribution in [1.82, 2.24) is 0 Å². The molecule has 0 aromatic heterocycles. The van der Waals surface area contributed by atoms with Gasteiger partial charge in [0.25, 0.3) is 0 Å². The minimum atomic E-state index is -1.54. The van der Waals surface area contributed by atoms with E-state index in [0.717, 1.165) is 6.42 Å². The SMILES string of the molecule is CC1(C)CCCC23C(=O)OC(C(C(=O)O)C4=C2C(=O)C2(C)C(=O)CC(C)(O)C42)C13. The van der Waals surface area contributed by atoms with Crippen molar-refractivity contribution in [2.45, 2.75) is 65.1 Å². The van der Waals surface area contributed by atoms with E-state index >= 15 is 0 Å². The van der Waals surface area contributed by atoms with Crippen LogP contribution in [0.3, 0.4) is 0 Å². The Morgan fingerprint density at radius 2 is 1.76 bits per heavy atom. The van der Waals surface area contributed by atoms with E-state index in [4.69, 9.17) is 4.74 Å². The molecule has 1 heterocycles. The maximum Gasteiger partial charge on any atom is 0.317 e. The molecule has 7 unspecified atom stereocenters. The van der Waals surface area contributed by atoms with Gasteiger partial charge in [-0.3, -0.25) is 19.2 Å². The van der Waals surface area contributed by atoms with Crippen molar-refractivity contribution in [1.29, 1.82) is 0 Å². The first-order chi connectivity index (χ1) is 13.3. The average Bonchev–Trinajstić information content (AvgIpc) is 3.04. The van der Waals surface area contributed by atoms with Crippen LogP contribution >= 0.6 is 0 Å². The summed E-state index contributed by atoms with van der Waals surface area (Å²) in [7, 11) is 0. The van der Waals surface area contributed by atoms with Crippen molar-refractivity contribution in [3.05, 3.63) is 11.1 Å². The van der Waals surface area contributed by atoms with Crippen LogP contribution in [0.4, 0.5) is 0 Å². The first kappa shape index (κ1) is 19.0. The fourth-order valence-corrected chi connectivity index (χ4v) is 7.77. The molecule has 2 bridgehead atoms. The van der Waals surface area contributed by atoms with Gasteiger partial charge in [0.2, 0.25) is 0 Å². The van der Waals surface area contributed by atoms with Crippen LogP contribution in [0, 0.1) is 34.0 Å². The fourth-order valence-electron chi connectivity index (χ4n) is 7.77. The fraction of sp³-hybridized carbons (Fsp3) is 0.727. The molecule has 2 saturated carbocycles. The maximum absolute atomic E-state index is 13.8. The summed E-state index contributed by atoms with van der Waals surface area (Å²) in [4.78, 5) is 52.5. The van der Waals surface area contributed by atoms with Gasteiger partial charge >= 0.3 is 11.9 Å². The number of aliphatic hydroxyl groups is 1.